The van der Waals surface area contributed by atoms with Crippen molar-refractivity contribution in [1.82, 2.24) is 5.01 Å². The van der Waals surface area contributed by atoms with E-state index in [1.807, 2.05) is 41.8 Å². The summed E-state index contributed by atoms with van der Waals surface area (Å²) in [6.45, 7) is 0. The summed E-state index contributed by atoms with van der Waals surface area (Å²) < 4.78 is 0. The Morgan fingerprint density at radius 1 is 1.30 bits per heavy atom. The van der Waals surface area contributed by atoms with Crippen LogP contribution in [0.2, 0.25) is 5.02 Å². The van der Waals surface area contributed by atoms with Gasteiger partial charge in [-0.05, 0) is 17.5 Å². The molecular weight excluding hydrogens is 406 g/mol. The van der Waals surface area contributed by atoms with Gasteiger partial charge in [-0.1, -0.05) is 47.6 Å². The predicted octanol–water partition coefficient (Wildman–Crippen LogP) is 4.03. The van der Waals surface area contributed by atoms with E-state index in [1.165, 1.54) is 0 Å². The highest BCUT2D eigenvalue weighted by Gasteiger charge is 2.39. The number of amidine groups is 1. The number of thioether (sulfide) groups is 1. The van der Waals surface area contributed by atoms with E-state index in [4.69, 9.17) is 21.8 Å². The number of carbonyl (C=O) groups is 2. The van der Waals surface area contributed by atoms with Crippen molar-refractivity contribution in [2.45, 2.75) is 24.1 Å². The van der Waals surface area contributed by atoms with Gasteiger partial charge in [-0.2, -0.15) is 10.1 Å². The number of thiophene rings is 1. The number of benzene rings is 1. The molecule has 1 amide bonds. The molecule has 0 saturated carbocycles. The third-order valence-electron chi connectivity index (χ3n) is 4.25. The highest BCUT2D eigenvalue weighted by atomic mass is 35.5. The minimum absolute atomic E-state index is 0.0982. The number of aliphatic imine (C=N–C) groups is 1. The number of hydrogen-bond acceptors (Lipinski definition) is 6. The first-order valence-corrected chi connectivity index (χ1v) is 10.3. The Balaban J connectivity index is 1.67. The lowest BCUT2D eigenvalue weighted by molar-refractivity contribution is -0.138. The second-order valence-electron chi connectivity index (χ2n) is 6.04. The van der Waals surface area contributed by atoms with Gasteiger partial charge in [-0.15, -0.1) is 11.3 Å². The smallest absolute Gasteiger partial charge is 0.305 e. The van der Waals surface area contributed by atoms with E-state index >= 15 is 0 Å². The highest BCUT2D eigenvalue weighted by molar-refractivity contribution is 8.15. The molecule has 9 heteroatoms. The first-order valence-electron chi connectivity index (χ1n) is 8.19. The van der Waals surface area contributed by atoms with Gasteiger partial charge in [0.1, 0.15) is 5.25 Å². The molecule has 1 aromatic carbocycles. The predicted molar refractivity (Wildman–Crippen MR) is 108 cm³/mol. The Labute approximate surface area is 168 Å². The van der Waals surface area contributed by atoms with Gasteiger partial charge in [0.15, 0.2) is 5.17 Å². The number of rotatable bonds is 4. The molecule has 0 radical (unpaired) electrons. The van der Waals surface area contributed by atoms with Crippen molar-refractivity contribution in [3.05, 3.63) is 57.2 Å². The topological polar surface area (TPSA) is 82.3 Å². The van der Waals surface area contributed by atoms with Crippen molar-refractivity contribution in [3.63, 3.8) is 0 Å². The van der Waals surface area contributed by atoms with E-state index in [0.717, 1.165) is 27.9 Å². The van der Waals surface area contributed by atoms with Gasteiger partial charge in [-0.25, -0.2) is 5.01 Å². The van der Waals surface area contributed by atoms with E-state index in [1.54, 1.807) is 16.3 Å². The third kappa shape index (κ3) is 3.65. The zero-order valence-electron chi connectivity index (χ0n) is 13.9. The lowest BCUT2D eigenvalue weighted by atomic mass is 10.0. The second-order valence-corrected chi connectivity index (χ2v) is 8.60. The van der Waals surface area contributed by atoms with Crippen LogP contribution in [0.4, 0.5) is 0 Å². The quantitative estimate of drug-likeness (QED) is 0.809. The molecule has 4 rings (SSSR count). The Bertz CT molecular complexity index is 959. The van der Waals surface area contributed by atoms with Crippen molar-refractivity contribution in [2.75, 3.05) is 0 Å². The number of amides is 1. The molecule has 2 aromatic rings. The molecule has 6 nitrogen and oxygen atoms in total. The van der Waals surface area contributed by atoms with Crippen LogP contribution in [-0.2, 0) is 9.59 Å². The minimum atomic E-state index is -1.02. The van der Waals surface area contributed by atoms with Crippen LogP contribution < -0.4 is 0 Å². The number of carboxylic acid groups (broad SMARTS) is 1. The molecule has 2 atom stereocenters. The fourth-order valence-electron chi connectivity index (χ4n) is 3.01. The third-order valence-corrected chi connectivity index (χ3v) is 6.70. The Kier molecular flexibility index (Phi) is 5.03. The van der Waals surface area contributed by atoms with E-state index in [9.17, 15) is 9.59 Å². The summed E-state index contributed by atoms with van der Waals surface area (Å²) >= 11 is 9.10. The lowest BCUT2D eigenvalue weighted by Gasteiger charge is -2.21. The molecule has 1 N–H and O–H groups in total. The van der Waals surface area contributed by atoms with Crippen molar-refractivity contribution < 1.29 is 14.7 Å². The maximum atomic E-state index is 12.1. The Morgan fingerprint density at radius 2 is 2.11 bits per heavy atom. The molecule has 0 spiro atoms. The number of carboxylic acids is 1. The number of aliphatic carboxylic acids is 1. The molecular formula is C18H14ClN3O3S2. The fourth-order valence-corrected chi connectivity index (χ4v) is 5.12. The summed E-state index contributed by atoms with van der Waals surface area (Å²) in [5.74, 6) is -1.45. The van der Waals surface area contributed by atoms with Crippen LogP contribution in [0, 0.1) is 0 Å². The zero-order valence-corrected chi connectivity index (χ0v) is 16.3. The molecule has 138 valence electrons. The van der Waals surface area contributed by atoms with Crippen LogP contribution in [0.1, 0.15) is 29.3 Å². The molecule has 0 fully saturated rings. The molecule has 27 heavy (non-hydrogen) atoms. The minimum Gasteiger partial charge on any atom is -0.481 e. The van der Waals surface area contributed by atoms with E-state index < -0.39 is 17.1 Å². The normalized spacial score (nSPS) is 22.1. The fraction of sp³-hybridized carbons (Fsp3) is 0.222. The van der Waals surface area contributed by atoms with Crippen LogP contribution >= 0.6 is 34.7 Å². The maximum absolute atomic E-state index is 12.1. The summed E-state index contributed by atoms with van der Waals surface area (Å²) in [7, 11) is 0. The van der Waals surface area contributed by atoms with Crippen LogP contribution in [-0.4, -0.2) is 38.1 Å². The van der Waals surface area contributed by atoms with Gasteiger partial charge in [0.05, 0.1) is 18.2 Å². The molecule has 2 aliphatic heterocycles. The van der Waals surface area contributed by atoms with Crippen molar-refractivity contribution in [2.24, 2.45) is 10.1 Å². The largest absolute Gasteiger partial charge is 0.481 e. The summed E-state index contributed by atoms with van der Waals surface area (Å²) in [4.78, 5) is 28.3. The highest BCUT2D eigenvalue weighted by Crippen LogP contribution is 2.40. The number of hydrazone groups is 1. The molecule has 2 unspecified atom stereocenters. The summed E-state index contributed by atoms with van der Waals surface area (Å²) in [6.07, 6.45) is 0.372. The number of nitrogens with zero attached hydrogens (tertiary/aromatic N) is 3. The summed E-state index contributed by atoms with van der Waals surface area (Å²) in [5, 5.41) is 17.8. The number of halogens is 1. The van der Waals surface area contributed by atoms with Crippen molar-refractivity contribution >= 4 is 57.5 Å². The molecule has 0 aliphatic carbocycles. The molecule has 1 aromatic heterocycles. The van der Waals surface area contributed by atoms with Gasteiger partial charge in [-0.3, -0.25) is 9.59 Å². The number of carbonyl (C=O) groups excluding carboxylic acids is 1. The van der Waals surface area contributed by atoms with Crippen LogP contribution in [0.5, 0.6) is 0 Å². The summed E-state index contributed by atoms with van der Waals surface area (Å²) in [5.41, 5.74) is 1.66. The van der Waals surface area contributed by atoms with E-state index in [2.05, 4.69) is 4.99 Å². The van der Waals surface area contributed by atoms with Crippen molar-refractivity contribution in [1.29, 1.82) is 0 Å². The SMILES string of the molecule is O=C(O)CC1SC(N2N=C(c3ccccc3Cl)CC2c2cccs2)=NC1=O. The first-order chi connectivity index (χ1) is 13.0. The van der Waals surface area contributed by atoms with Gasteiger partial charge < -0.3 is 5.11 Å². The molecule has 0 saturated heterocycles. The second kappa shape index (κ2) is 7.46. The zero-order chi connectivity index (χ0) is 19.0. The number of hydrogen-bond donors (Lipinski definition) is 1. The van der Waals surface area contributed by atoms with Crippen LogP contribution in [0.3, 0.4) is 0 Å². The van der Waals surface area contributed by atoms with Gasteiger partial charge in [0.25, 0.3) is 5.91 Å². The molecule has 2 aliphatic rings. The van der Waals surface area contributed by atoms with E-state index in [-0.39, 0.29) is 12.5 Å². The van der Waals surface area contributed by atoms with Crippen LogP contribution in [0.15, 0.2) is 51.9 Å². The first kappa shape index (κ1) is 18.2. The monoisotopic (exact) mass is 419 g/mol. The molecule has 0 bridgehead atoms. The average Bonchev–Trinajstić information content (AvgIpc) is 3.35. The average molecular weight is 420 g/mol. The van der Waals surface area contributed by atoms with Crippen LogP contribution in [0.25, 0.3) is 0 Å². The van der Waals surface area contributed by atoms with E-state index in [0.29, 0.717) is 16.6 Å². The Hall–Kier alpha value is -2.16. The van der Waals surface area contributed by atoms with Gasteiger partial charge >= 0.3 is 5.97 Å². The standard InChI is InChI=1S/C18H14ClN3O3S2/c19-11-5-2-1-4-10(11)12-8-13(14-6-3-7-26-14)22(21-12)18-20-17(25)15(27-18)9-16(23)24/h1-7,13,15H,8-9H2,(H,23,24). The summed E-state index contributed by atoms with van der Waals surface area (Å²) in [6, 6.07) is 11.4. The Morgan fingerprint density at radius 3 is 2.81 bits per heavy atom. The van der Waals surface area contributed by atoms with Crippen molar-refractivity contribution in [3.8, 4) is 0 Å². The van der Waals surface area contributed by atoms with Gasteiger partial charge in [0.2, 0.25) is 0 Å². The lowest BCUT2D eigenvalue weighted by Crippen LogP contribution is -2.23. The maximum Gasteiger partial charge on any atom is 0.305 e. The van der Waals surface area contributed by atoms with Gasteiger partial charge in [0, 0.05) is 21.9 Å². The molecule has 3 heterocycles.